The molecule has 2 rings (SSSR count). The molecule has 0 spiro atoms. The number of benzene rings is 1. The van der Waals surface area contributed by atoms with E-state index in [1.54, 1.807) is 36.5 Å². The van der Waals surface area contributed by atoms with Gasteiger partial charge in [0.1, 0.15) is 5.25 Å². The van der Waals surface area contributed by atoms with Crippen molar-refractivity contribution in [2.24, 2.45) is 0 Å². The molecule has 7 nitrogen and oxygen atoms in total. The molecule has 0 radical (unpaired) electrons. The van der Waals surface area contributed by atoms with Gasteiger partial charge in [0.05, 0.1) is 4.90 Å². The quantitative estimate of drug-likeness (QED) is 0.506. The number of aromatic nitrogens is 1. The second kappa shape index (κ2) is 10.2. The summed E-state index contributed by atoms with van der Waals surface area (Å²) in [6.45, 7) is 5.89. The van der Waals surface area contributed by atoms with Crippen molar-refractivity contribution in [3.8, 4) is 0 Å². The molecule has 8 heteroatoms. The molecule has 1 atom stereocenters. The van der Waals surface area contributed by atoms with E-state index in [4.69, 9.17) is 0 Å². The van der Waals surface area contributed by atoms with Crippen molar-refractivity contribution in [1.82, 2.24) is 15.6 Å². The Balaban J connectivity index is 2.25. The van der Waals surface area contributed by atoms with Crippen molar-refractivity contribution in [1.29, 1.82) is 0 Å². The standard InChI is InChI=1S/C21H27N3O4S/c1-4-5-11-23-20(25)21(26)24-14-19(17-7-6-10-22-13-17)29(27,28)18-9-8-15(2)16(3)12-18/h6-10,12-13,19H,4-5,11,14H2,1-3H3,(H,23,25)(H,24,26)/t19-/m0/s1. The molecule has 0 bridgehead atoms. The highest BCUT2D eigenvalue weighted by atomic mass is 32.2. The number of carbonyl (C=O) groups excluding carboxylic acids is 2. The number of carbonyl (C=O) groups is 2. The van der Waals surface area contributed by atoms with Crippen LogP contribution in [0.3, 0.4) is 0 Å². The fourth-order valence-electron chi connectivity index (χ4n) is 2.75. The Bertz CT molecular complexity index is 959. The van der Waals surface area contributed by atoms with Gasteiger partial charge in [-0.15, -0.1) is 0 Å². The van der Waals surface area contributed by atoms with Gasteiger partial charge in [0.15, 0.2) is 9.84 Å². The van der Waals surface area contributed by atoms with Crippen LogP contribution < -0.4 is 10.6 Å². The summed E-state index contributed by atoms with van der Waals surface area (Å²) >= 11 is 0. The first-order valence-electron chi connectivity index (χ1n) is 9.54. The molecule has 1 heterocycles. The fraction of sp³-hybridized carbons (Fsp3) is 0.381. The maximum Gasteiger partial charge on any atom is 0.309 e. The summed E-state index contributed by atoms with van der Waals surface area (Å²) in [5, 5.41) is 3.91. The Kier molecular flexibility index (Phi) is 7.90. The smallest absolute Gasteiger partial charge is 0.309 e. The second-order valence-corrected chi connectivity index (χ2v) is 9.02. The largest absolute Gasteiger partial charge is 0.348 e. The number of hydrogen-bond donors (Lipinski definition) is 2. The van der Waals surface area contributed by atoms with Crippen LogP contribution in [-0.4, -0.2) is 38.3 Å². The average molecular weight is 418 g/mol. The lowest BCUT2D eigenvalue weighted by molar-refractivity contribution is -0.139. The number of unbranched alkanes of at least 4 members (excludes halogenated alkanes) is 1. The summed E-state index contributed by atoms with van der Waals surface area (Å²) in [6, 6.07) is 8.21. The summed E-state index contributed by atoms with van der Waals surface area (Å²) in [5.74, 6) is -1.63. The molecule has 0 saturated carbocycles. The van der Waals surface area contributed by atoms with Crippen molar-refractivity contribution in [2.75, 3.05) is 13.1 Å². The molecule has 29 heavy (non-hydrogen) atoms. The van der Waals surface area contributed by atoms with Crippen molar-refractivity contribution >= 4 is 21.7 Å². The van der Waals surface area contributed by atoms with Crippen molar-refractivity contribution in [3.05, 3.63) is 59.4 Å². The number of sulfone groups is 1. The van der Waals surface area contributed by atoms with Crippen LogP contribution in [0.1, 0.15) is 41.7 Å². The molecule has 2 amide bonds. The number of pyridine rings is 1. The number of aryl methyl sites for hydroxylation is 2. The fourth-order valence-corrected chi connectivity index (χ4v) is 4.48. The van der Waals surface area contributed by atoms with Crippen LogP contribution >= 0.6 is 0 Å². The molecule has 1 aromatic carbocycles. The van der Waals surface area contributed by atoms with E-state index >= 15 is 0 Å². The van der Waals surface area contributed by atoms with Gasteiger partial charge >= 0.3 is 11.8 Å². The summed E-state index contributed by atoms with van der Waals surface area (Å²) in [7, 11) is -3.82. The van der Waals surface area contributed by atoms with Crippen LogP contribution in [0.5, 0.6) is 0 Å². The van der Waals surface area contributed by atoms with Crippen LogP contribution in [0.15, 0.2) is 47.6 Å². The maximum absolute atomic E-state index is 13.3. The Morgan fingerprint density at radius 3 is 2.41 bits per heavy atom. The monoisotopic (exact) mass is 417 g/mol. The molecular weight excluding hydrogens is 390 g/mol. The van der Waals surface area contributed by atoms with Gasteiger partial charge in [-0.05, 0) is 55.2 Å². The van der Waals surface area contributed by atoms with Crippen LogP contribution in [0.25, 0.3) is 0 Å². The van der Waals surface area contributed by atoms with E-state index < -0.39 is 26.9 Å². The minimum atomic E-state index is -3.82. The summed E-state index contributed by atoms with van der Waals surface area (Å²) in [6.07, 6.45) is 4.65. The Labute approximate surface area is 171 Å². The van der Waals surface area contributed by atoms with Crippen LogP contribution in [0.4, 0.5) is 0 Å². The summed E-state index contributed by atoms with van der Waals surface area (Å²) in [4.78, 5) is 28.1. The van der Waals surface area contributed by atoms with Gasteiger partial charge in [-0.3, -0.25) is 14.6 Å². The number of hydrogen-bond acceptors (Lipinski definition) is 5. The molecule has 0 fully saturated rings. The average Bonchev–Trinajstić information content (AvgIpc) is 2.70. The molecule has 1 aromatic heterocycles. The molecule has 0 unspecified atom stereocenters. The van der Waals surface area contributed by atoms with Crippen LogP contribution in [-0.2, 0) is 19.4 Å². The van der Waals surface area contributed by atoms with E-state index in [0.29, 0.717) is 12.1 Å². The molecule has 156 valence electrons. The first kappa shape index (κ1) is 22.5. The van der Waals surface area contributed by atoms with Gasteiger partial charge < -0.3 is 10.6 Å². The minimum absolute atomic E-state index is 0.163. The predicted molar refractivity (Wildman–Crippen MR) is 111 cm³/mol. The van der Waals surface area contributed by atoms with Gasteiger partial charge in [-0.25, -0.2) is 8.42 Å². The first-order chi connectivity index (χ1) is 13.8. The Morgan fingerprint density at radius 2 is 1.79 bits per heavy atom. The van der Waals surface area contributed by atoms with Gasteiger partial charge in [0, 0.05) is 25.5 Å². The van der Waals surface area contributed by atoms with Gasteiger partial charge in [-0.1, -0.05) is 25.5 Å². The molecule has 0 aliphatic rings. The summed E-state index contributed by atoms with van der Waals surface area (Å²) in [5.41, 5.74) is 2.28. The predicted octanol–water partition coefficient (Wildman–Crippen LogP) is 2.25. The van der Waals surface area contributed by atoms with Crippen LogP contribution in [0.2, 0.25) is 0 Å². The lowest BCUT2D eigenvalue weighted by Gasteiger charge is -2.19. The van der Waals surface area contributed by atoms with Crippen molar-refractivity contribution in [2.45, 2.75) is 43.8 Å². The number of amides is 2. The third-order valence-electron chi connectivity index (χ3n) is 4.71. The Hall–Kier alpha value is -2.74. The zero-order chi connectivity index (χ0) is 21.4. The van der Waals surface area contributed by atoms with E-state index in [1.165, 1.54) is 6.20 Å². The van der Waals surface area contributed by atoms with E-state index in [9.17, 15) is 18.0 Å². The zero-order valence-corrected chi connectivity index (χ0v) is 17.8. The SMILES string of the molecule is CCCCNC(=O)C(=O)NC[C@@H](c1cccnc1)S(=O)(=O)c1ccc(C)c(C)c1. The lowest BCUT2D eigenvalue weighted by atomic mass is 10.1. The molecule has 0 aliphatic carbocycles. The van der Waals surface area contributed by atoms with Gasteiger partial charge in [0.2, 0.25) is 0 Å². The first-order valence-corrected chi connectivity index (χ1v) is 11.1. The van der Waals surface area contributed by atoms with E-state index in [0.717, 1.165) is 24.0 Å². The molecule has 0 aliphatic heterocycles. The van der Waals surface area contributed by atoms with E-state index in [-0.39, 0.29) is 11.4 Å². The molecule has 2 N–H and O–H groups in total. The number of rotatable bonds is 8. The van der Waals surface area contributed by atoms with Crippen LogP contribution in [0, 0.1) is 13.8 Å². The lowest BCUT2D eigenvalue weighted by Crippen LogP contribution is -2.42. The highest BCUT2D eigenvalue weighted by Crippen LogP contribution is 2.29. The Morgan fingerprint density at radius 1 is 1.07 bits per heavy atom. The highest BCUT2D eigenvalue weighted by Gasteiger charge is 2.30. The molecule has 0 saturated heterocycles. The third kappa shape index (κ3) is 5.87. The second-order valence-electron chi connectivity index (χ2n) is 6.89. The van der Waals surface area contributed by atoms with Crippen molar-refractivity contribution < 1.29 is 18.0 Å². The molecule has 2 aromatic rings. The van der Waals surface area contributed by atoms with E-state index in [2.05, 4.69) is 15.6 Å². The highest BCUT2D eigenvalue weighted by molar-refractivity contribution is 7.91. The third-order valence-corrected chi connectivity index (χ3v) is 6.81. The minimum Gasteiger partial charge on any atom is -0.348 e. The number of nitrogens with one attached hydrogen (secondary N) is 2. The number of nitrogens with zero attached hydrogens (tertiary/aromatic N) is 1. The zero-order valence-electron chi connectivity index (χ0n) is 16.9. The topological polar surface area (TPSA) is 105 Å². The van der Waals surface area contributed by atoms with Gasteiger partial charge in [-0.2, -0.15) is 0 Å². The van der Waals surface area contributed by atoms with Crippen molar-refractivity contribution in [3.63, 3.8) is 0 Å². The van der Waals surface area contributed by atoms with E-state index in [1.807, 2.05) is 20.8 Å². The normalized spacial score (nSPS) is 12.2. The maximum atomic E-state index is 13.3. The molecular formula is C21H27N3O4S. The summed E-state index contributed by atoms with van der Waals surface area (Å²) < 4.78 is 26.6. The van der Waals surface area contributed by atoms with Gasteiger partial charge in [0.25, 0.3) is 0 Å².